The molecule has 10 heteroatoms. The topological polar surface area (TPSA) is 73.9 Å². The Labute approximate surface area is 239 Å². The third-order valence-electron chi connectivity index (χ3n) is 8.43. The van der Waals surface area contributed by atoms with Gasteiger partial charge in [0.2, 0.25) is 0 Å². The van der Waals surface area contributed by atoms with Crippen molar-refractivity contribution in [2.75, 3.05) is 22.9 Å². The highest BCUT2D eigenvalue weighted by molar-refractivity contribution is 5.59. The van der Waals surface area contributed by atoms with Crippen LogP contribution in [-0.2, 0) is 39.2 Å². The first-order valence-corrected chi connectivity index (χ1v) is 14.7. The average Bonchev–Trinajstić information content (AvgIpc) is 3.41. The van der Waals surface area contributed by atoms with E-state index in [-0.39, 0.29) is 12.1 Å². The molecule has 0 atom stereocenters. The Morgan fingerprint density at radius 2 is 1.68 bits per heavy atom. The predicted molar refractivity (Wildman–Crippen MR) is 152 cm³/mol. The van der Waals surface area contributed by atoms with Gasteiger partial charge in [0.1, 0.15) is 0 Å². The molecule has 0 radical (unpaired) electrons. The van der Waals surface area contributed by atoms with E-state index in [1.54, 1.807) is 7.05 Å². The van der Waals surface area contributed by atoms with Gasteiger partial charge in [-0.1, -0.05) is 30.4 Å². The van der Waals surface area contributed by atoms with Crippen molar-refractivity contribution in [1.82, 2.24) is 20.2 Å². The summed E-state index contributed by atoms with van der Waals surface area (Å²) in [5.74, 6) is 1.00. The first-order valence-electron chi connectivity index (χ1n) is 14.7. The molecule has 0 spiro atoms. The molecule has 5 rings (SSSR count). The Morgan fingerprint density at radius 3 is 2.32 bits per heavy atom. The lowest BCUT2D eigenvalue weighted by atomic mass is 9.87. The third kappa shape index (κ3) is 7.00. The number of hydrogen-bond donors (Lipinski definition) is 0. The number of aromatic nitrogens is 4. The SMILES string of the molecule is CCN(CC1CCCCC1)c1cc2c(cc1CN(Cc1cc(C#N)cc(C(F)(F)F)c1)c1nnn(C)n1)CCCC2. The van der Waals surface area contributed by atoms with Crippen molar-refractivity contribution in [3.8, 4) is 6.07 Å². The van der Waals surface area contributed by atoms with Gasteiger partial charge in [0.25, 0.3) is 5.95 Å². The van der Waals surface area contributed by atoms with E-state index in [1.807, 2.05) is 11.0 Å². The van der Waals surface area contributed by atoms with Crippen LogP contribution in [0.1, 0.15) is 85.3 Å². The molecule has 1 heterocycles. The molecule has 2 aromatic carbocycles. The zero-order valence-corrected chi connectivity index (χ0v) is 23.9. The normalized spacial score (nSPS) is 15.8. The van der Waals surface area contributed by atoms with Gasteiger partial charge in [0.05, 0.1) is 24.2 Å². The molecular weight excluding hydrogens is 527 g/mol. The summed E-state index contributed by atoms with van der Waals surface area (Å²) in [4.78, 5) is 5.71. The number of fused-ring (bicyclic) bond motifs is 1. The summed E-state index contributed by atoms with van der Waals surface area (Å²) in [6, 6.07) is 10.0. The monoisotopic (exact) mass is 565 g/mol. The molecule has 1 saturated carbocycles. The van der Waals surface area contributed by atoms with Gasteiger partial charge in [-0.05, 0) is 103 Å². The van der Waals surface area contributed by atoms with Gasteiger partial charge >= 0.3 is 6.18 Å². The first-order chi connectivity index (χ1) is 19.7. The van der Waals surface area contributed by atoms with Crippen LogP contribution in [0.25, 0.3) is 0 Å². The van der Waals surface area contributed by atoms with E-state index < -0.39 is 11.7 Å². The summed E-state index contributed by atoms with van der Waals surface area (Å²) in [6.07, 6.45) is 6.28. The second kappa shape index (κ2) is 12.5. The second-order valence-corrected chi connectivity index (χ2v) is 11.5. The molecule has 0 N–H and O–H groups in total. The van der Waals surface area contributed by atoms with Gasteiger partial charge in [-0.15, -0.1) is 5.10 Å². The van der Waals surface area contributed by atoms with Gasteiger partial charge in [0.15, 0.2) is 0 Å². The summed E-state index contributed by atoms with van der Waals surface area (Å²) >= 11 is 0. The van der Waals surface area contributed by atoms with Crippen molar-refractivity contribution in [1.29, 1.82) is 5.26 Å². The minimum absolute atomic E-state index is 0.0269. The molecule has 2 aliphatic rings. The number of hydrogen-bond acceptors (Lipinski definition) is 6. The summed E-state index contributed by atoms with van der Waals surface area (Å²) in [5, 5.41) is 22.1. The lowest BCUT2D eigenvalue weighted by molar-refractivity contribution is -0.137. The predicted octanol–water partition coefficient (Wildman–Crippen LogP) is 6.59. The van der Waals surface area contributed by atoms with Gasteiger partial charge in [-0.3, -0.25) is 0 Å². The average molecular weight is 566 g/mol. The highest BCUT2D eigenvalue weighted by Crippen LogP contribution is 2.35. The minimum Gasteiger partial charge on any atom is -0.371 e. The Morgan fingerprint density at radius 1 is 0.951 bits per heavy atom. The molecule has 7 nitrogen and oxygen atoms in total. The molecular formula is C31H38F3N7. The van der Waals surface area contributed by atoms with Crippen molar-refractivity contribution >= 4 is 11.6 Å². The lowest BCUT2D eigenvalue weighted by Crippen LogP contribution is -2.33. The number of aryl methyl sites for hydroxylation is 3. The van der Waals surface area contributed by atoms with Gasteiger partial charge < -0.3 is 9.80 Å². The molecule has 0 saturated heterocycles. The number of benzene rings is 2. The van der Waals surface area contributed by atoms with E-state index in [0.29, 0.717) is 24.0 Å². The van der Waals surface area contributed by atoms with Gasteiger partial charge in [0, 0.05) is 31.9 Å². The van der Waals surface area contributed by atoms with Crippen LogP contribution >= 0.6 is 0 Å². The van der Waals surface area contributed by atoms with Gasteiger partial charge in [-0.2, -0.15) is 23.2 Å². The Bertz CT molecular complexity index is 1390. The quantitative estimate of drug-likeness (QED) is 0.291. The van der Waals surface area contributed by atoms with Crippen LogP contribution in [0.2, 0.25) is 0 Å². The summed E-state index contributed by atoms with van der Waals surface area (Å²) < 4.78 is 41.0. The van der Waals surface area contributed by atoms with Crippen molar-refractivity contribution < 1.29 is 13.2 Å². The first kappa shape index (κ1) is 28.9. The van der Waals surface area contributed by atoms with Crippen molar-refractivity contribution in [3.63, 3.8) is 0 Å². The minimum atomic E-state index is -4.55. The molecule has 0 unspecified atom stereocenters. The molecule has 0 bridgehead atoms. The van der Waals surface area contributed by atoms with Crippen LogP contribution in [0.15, 0.2) is 30.3 Å². The van der Waals surface area contributed by atoms with Crippen molar-refractivity contribution in [2.24, 2.45) is 13.0 Å². The number of halogens is 3. The number of rotatable bonds is 9. The lowest BCUT2D eigenvalue weighted by Gasteiger charge is -2.34. The van der Waals surface area contributed by atoms with Crippen LogP contribution in [0.3, 0.4) is 0 Å². The van der Waals surface area contributed by atoms with E-state index in [4.69, 9.17) is 0 Å². The van der Waals surface area contributed by atoms with Crippen LogP contribution in [0.4, 0.5) is 24.8 Å². The van der Waals surface area contributed by atoms with Crippen molar-refractivity contribution in [3.05, 3.63) is 63.7 Å². The van der Waals surface area contributed by atoms with E-state index in [0.717, 1.165) is 50.0 Å². The number of anilines is 2. The maximum atomic E-state index is 13.7. The van der Waals surface area contributed by atoms with E-state index >= 15 is 0 Å². The standard InChI is InChI=1S/C31H38F3N7/c1-3-40(19-22-9-5-4-6-10-22)29-17-26-12-8-7-11-25(26)16-27(29)21-41(30-36-38-39(2)37-30)20-24-13-23(18-35)14-28(15-24)31(32,33)34/h13-17,22H,3-12,19-21H2,1-2H3. The molecule has 2 aliphatic carbocycles. The highest BCUT2D eigenvalue weighted by Gasteiger charge is 2.32. The molecule has 0 aliphatic heterocycles. The second-order valence-electron chi connectivity index (χ2n) is 11.5. The Hall–Kier alpha value is -3.61. The fourth-order valence-electron chi connectivity index (χ4n) is 6.36. The van der Waals surface area contributed by atoms with Crippen molar-refractivity contribution in [2.45, 2.75) is 84.0 Å². The maximum Gasteiger partial charge on any atom is 0.416 e. The van der Waals surface area contributed by atoms with E-state index in [9.17, 15) is 18.4 Å². The maximum absolute atomic E-state index is 13.7. The van der Waals surface area contributed by atoms with Crippen LogP contribution < -0.4 is 9.80 Å². The summed E-state index contributed by atoms with van der Waals surface area (Å²) in [5.41, 5.74) is 4.56. The Balaban J connectivity index is 1.53. The summed E-state index contributed by atoms with van der Waals surface area (Å²) in [6.45, 7) is 4.60. The Kier molecular flexibility index (Phi) is 8.81. The zero-order chi connectivity index (χ0) is 29.0. The molecule has 41 heavy (non-hydrogen) atoms. The van der Waals surface area contributed by atoms with Crippen LogP contribution in [0, 0.1) is 17.2 Å². The van der Waals surface area contributed by atoms with Crippen LogP contribution in [0.5, 0.6) is 0 Å². The highest BCUT2D eigenvalue weighted by atomic mass is 19.4. The molecule has 1 aromatic heterocycles. The molecule has 218 valence electrons. The number of nitrogens with zero attached hydrogens (tertiary/aromatic N) is 7. The number of nitriles is 1. The largest absolute Gasteiger partial charge is 0.416 e. The van der Waals surface area contributed by atoms with Crippen LogP contribution in [-0.4, -0.2) is 33.3 Å². The number of tetrazole rings is 1. The fourth-order valence-corrected chi connectivity index (χ4v) is 6.36. The zero-order valence-electron chi connectivity index (χ0n) is 23.9. The van der Waals surface area contributed by atoms with E-state index in [1.165, 1.54) is 66.2 Å². The smallest absolute Gasteiger partial charge is 0.371 e. The number of alkyl halides is 3. The molecule has 0 amide bonds. The molecule has 1 fully saturated rings. The molecule has 3 aromatic rings. The van der Waals surface area contributed by atoms with E-state index in [2.05, 4.69) is 39.4 Å². The van der Waals surface area contributed by atoms with Gasteiger partial charge in [-0.25, -0.2) is 0 Å². The fraction of sp³-hybridized carbons (Fsp3) is 0.548. The summed E-state index contributed by atoms with van der Waals surface area (Å²) in [7, 11) is 1.67. The third-order valence-corrected chi connectivity index (χ3v) is 8.43.